The summed E-state index contributed by atoms with van der Waals surface area (Å²) in [6, 6.07) is 0.615. The van der Waals surface area contributed by atoms with Crippen LogP contribution in [0.15, 0.2) is 0 Å². The van der Waals surface area contributed by atoms with Crippen molar-refractivity contribution in [3.05, 3.63) is 0 Å². The van der Waals surface area contributed by atoms with Crippen LogP contribution in [0.25, 0.3) is 0 Å². The van der Waals surface area contributed by atoms with Gasteiger partial charge < -0.3 is 10.2 Å². The van der Waals surface area contributed by atoms with Crippen molar-refractivity contribution in [2.24, 2.45) is 5.41 Å². The van der Waals surface area contributed by atoms with Crippen molar-refractivity contribution in [2.75, 3.05) is 26.2 Å². The van der Waals surface area contributed by atoms with Crippen LogP contribution < -0.4 is 5.32 Å². The maximum Gasteiger partial charge on any atom is 0.00500 e. The quantitative estimate of drug-likeness (QED) is 0.678. The minimum atomic E-state index is 0.548. The molecule has 19 heavy (non-hydrogen) atoms. The lowest BCUT2D eigenvalue weighted by molar-refractivity contribution is 0.102. The average Bonchev–Trinajstić information content (AvgIpc) is 2.42. The van der Waals surface area contributed by atoms with E-state index >= 15 is 0 Å². The van der Waals surface area contributed by atoms with Crippen LogP contribution in [0, 0.1) is 5.41 Å². The highest BCUT2D eigenvalue weighted by atomic mass is 15.1. The van der Waals surface area contributed by atoms with Crippen LogP contribution in [0.1, 0.15) is 72.6 Å². The average molecular weight is 268 g/mol. The van der Waals surface area contributed by atoms with Crippen molar-refractivity contribution in [3.63, 3.8) is 0 Å². The van der Waals surface area contributed by atoms with Crippen molar-refractivity contribution < 1.29 is 0 Å². The molecule has 0 atom stereocenters. The first-order valence-electron chi connectivity index (χ1n) is 8.57. The molecule has 0 amide bonds. The van der Waals surface area contributed by atoms with Gasteiger partial charge in [-0.15, -0.1) is 0 Å². The largest absolute Gasteiger partial charge is 0.314 e. The third-order valence-corrected chi connectivity index (χ3v) is 4.63. The van der Waals surface area contributed by atoms with Crippen molar-refractivity contribution >= 4 is 0 Å². The Labute approximate surface area is 121 Å². The van der Waals surface area contributed by atoms with E-state index < -0.39 is 0 Å². The van der Waals surface area contributed by atoms with Gasteiger partial charge in [0.2, 0.25) is 0 Å². The Morgan fingerprint density at radius 3 is 2.32 bits per heavy atom. The zero-order chi connectivity index (χ0) is 14.1. The first-order chi connectivity index (χ1) is 9.12. The second kappa shape index (κ2) is 8.97. The summed E-state index contributed by atoms with van der Waals surface area (Å²) in [4.78, 5) is 2.69. The van der Waals surface area contributed by atoms with Gasteiger partial charge >= 0.3 is 0 Å². The highest BCUT2D eigenvalue weighted by Crippen LogP contribution is 2.36. The van der Waals surface area contributed by atoms with Crippen LogP contribution in [0.4, 0.5) is 0 Å². The summed E-state index contributed by atoms with van der Waals surface area (Å²) in [6.07, 6.45) is 9.83. The molecule has 1 rings (SSSR count). The minimum Gasteiger partial charge on any atom is -0.314 e. The molecule has 0 saturated heterocycles. The molecule has 1 N–H and O–H groups in total. The molecule has 0 aliphatic heterocycles. The number of unbranched alkanes of at least 4 members (excludes halogenated alkanes) is 1. The SMILES string of the molecule is CCCCN(CC)CC1(CNC(C)C)CCCCC1. The standard InChI is InChI=1S/C17H36N2/c1-5-7-13-19(6-2)15-17(14-18-16(3)4)11-9-8-10-12-17/h16,18H,5-15H2,1-4H3. The molecule has 0 unspecified atom stereocenters. The number of hydrogen-bond donors (Lipinski definition) is 1. The summed E-state index contributed by atoms with van der Waals surface area (Å²) >= 11 is 0. The number of hydrogen-bond acceptors (Lipinski definition) is 2. The first-order valence-corrected chi connectivity index (χ1v) is 8.57. The number of rotatable bonds is 9. The highest BCUT2D eigenvalue weighted by molar-refractivity contribution is 4.88. The van der Waals surface area contributed by atoms with Gasteiger partial charge in [-0.3, -0.25) is 0 Å². The van der Waals surface area contributed by atoms with E-state index in [2.05, 4.69) is 37.9 Å². The van der Waals surface area contributed by atoms with Gasteiger partial charge in [-0.25, -0.2) is 0 Å². The maximum absolute atomic E-state index is 3.71. The lowest BCUT2D eigenvalue weighted by atomic mass is 9.73. The number of nitrogens with zero attached hydrogens (tertiary/aromatic N) is 1. The topological polar surface area (TPSA) is 15.3 Å². The molecule has 1 fully saturated rings. The Bertz CT molecular complexity index is 219. The monoisotopic (exact) mass is 268 g/mol. The molecule has 0 aromatic heterocycles. The van der Waals surface area contributed by atoms with Crippen LogP contribution in [0.3, 0.4) is 0 Å². The molecule has 0 heterocycles. The van der Waals surface area contributed by atoms with Crippen molar-refractivity contribution in [3.8, 4) is 0 Å². The van der Waals surface area contributed by atoms with Gasteiger partial charge in [0, 0.05) is 19.1 Å². The molecule has 2 nitrogen and oxygen atoms in total. The third-order valence-electron chi connectivity index (χ3n) is 4.63. The van der Waals surface area contributed by atoms with E-state index in [0.29, 0.717) is 11.5 Å². The normalized spacial score (nSPS) is 19.3. The van der Waals surface area contributed by atoms with Gasteiger partial charge in [-0.1, -0.05) is 53.4 Å². The molecule has 0 bridgehead atoms. The molecule has 2 heteroatoms. The lowest BCUT2D eigenvalue weighted by Gasteiger charge is -2.42. The van der Waals surface area contributed by atoms with Crippen molar-refractivity contribution in [2.45, 2.75) is 78.7 Å². The van der Waals surface area contributed by atoms with E-state index in [1.165, 1.54) is 71.1 Å². The highest BCUT2D eigenvalue weighted by Gasteiger charge is 2.33. The Balaban J connectivity index is 2.55. The first kappa shape index (κ1) is 17.0. The fraction of sp³-hybridized carbons (Fsp3) is 1.00. The Hall–Kier alpha value is -0.0800. The van der Waals surface area contributed by atoms with Crippen LogP contribution in [0.5, 0.6) is 0 Å². The summed E-state index contributed by atoms with van der Waals surface area (Å²) in [5, 5.41) is 3.71. The van der Waals surface area contributed by atoms with E-state index in [9.17, 15) is 0 Å². The summed E-state index contributed by atoms with van der Waals surface area (Å²) in [5.41, 5.74) is 0.548. The molecular formula is C17H36N2. The lowest BCUT2D eigenvalue weighted by Crippen LogP contribution is -2.47. The second-order valence-corrected chi connectivity index (χ2v) is 6.82. The zero-order valence-corrected chi connectivity index (χ0v) is 13.8. The van der Waals surface area contributed by atoms with E-state index in [0.717, 1.165) is 0 Å². The van der Waals surface area contributed by atoms with E-state index in [-0.39, 0.29) is 0 Å². The molecular weight excluding hydrogens is 232 g/mol. The molecule has 1 aliphatic rings. The van der Waals surface area contributed by atoms with Gasteiger partial charge in [-0.2, -0.15) is 0 Å². The maximum atomic E-state index is 3.71. The Morgan fingerprint density at radius 2 is 1.79 bits per heavy atom. The van der Waals surface area contributed by atoms with Crippen LogP contribution in [-0.2, 0) is 0 Å². The van der Waals surface area contributed by atoms with E-state index in [1.807, 2.05) is 0 Å². The van der Waals surface area contributed by atoms with Crippen molar-refractivity contribution in [1.82, 2.24) is 10.2 Å². The minimum absolute atomic E-state index is 0.548. The van der Waals surface area contributed by atoms with Gasteiger partial charge in [0.15, 0.2) is 0 Å². The molecule has 0 aromatic rings. The summed E-state index contributed by atoms with van der Waals surface area (Å²) in [5.74, 6) is 0. The van der Waals surface area contributed by atoms with Crippen LogP contribution in [-0.4, -0.2) is 37.1 Å². The van der Waals surface area contributed by atoms with Crippen LogP contribution in [0.2, 0.25) is 0 Å². The van der Waals surface area contributed by atoms with Gasteiger partial charge in [0.25, 0.3) is 0 Å². The number of nitrogens with one attached hydrogen (secondary N) is 1. The molecule has 0 radical (unpaired) electrons. The predicted molar refractivity (Wildman–Crippen MR) is 85.7 cm³/mol. The van der Waals surface area contributed by atoms with Gasteiger partial charge in [-0.05, 0) is 37.8 Å². The van der Waals surface area contributed by atoms with Gasteiger partial charge in [0.1, 0.15) is 0 Å². The fourth-order valence-electron chi connectivity index (χ4n) is 3.32. The van der Waals surface area contributed by atoms with E-state index in [1.54, 1.807) is 0 Å². The molecule has 0 spiro atoms. The van der Waals surface area contributed by atoms with Crippen molar-refractivity contribution in [1.29, 1.82) is 0 Å². The molecule has 114 valence electrons. The fourth-order valence-corrected chi connectivity index (χ4v) is 3.32. The van der Waals surface area contributed by atoms with Crippen LogP contribution >= 0.6 is 0 Å². The Morgan fingerprint density at radius 1 is 1.11 bits per heavy atom. The van der Waals surface area contributed by atoms with Gasteiger partial charge in [0.05, 0.1) is 0 Å². The smallest absolute Gasteiger partial charge is 0.00500 e. The second-order valence-electron chi connectivity index (χ2n) is 6.82. The Kier molecular flexibility index (Phi) is 8.01. The summed E-state index contributed by atoms with van der Waals surface area (Å²) in [6.45, 7) is 14.2. The molecule has 1 saturated carbocycles. The summed E-state index contributed by atoms with van der Waals surface area (Å²) in [7, 11) is 0. The molecule has 1 aliphatic carbocycles. The summed E-state index contributed by atoms with van der Waals surface area (Å²) < 4.78 is 0. The third kappa shape index (κ3) is 6.27. The van der Waals surface area contributed by atoms with E-state index in [4.69, 9.17) is 0 Å². The predicted octanol–water partition coefficient (Wildman–Crippen LogP) is 4.06. The molecule has 0 aromatic carbocycles. The zero-order valence-electron chi connectivity index (χ0n) is 13.8.